The fraction of sp³-hybridized carbons (Fsp3) is 0.739. The van der Waals surface area contributed by atoms with E-state index in [2.05, 4.69) is 70.9 Å². The zero-order chi connectivity index (χ0) is 20.6. The smallest absolute Gasteiger partial charge is 0.175 e. The Hall–Kier alpha value is -0.980. The van der Waals surface area contributed by atoms with E-state index >= 15 is 0 Å². The minimum absolute atomic E-state index is 0.00853. The van der Waals surface area contributed by atoms with Gasteiger partial charge in [0, 0.05) is 17.9 Å². The molecule has 3 rings (SSSR count). The van der Waals surface area contributed by atoms with Crippen LogP contribution in [0.2, 0.25) is 0 Å². The number of hydrogen-bond donors (Lipinski definition) is 1. The number of nitrogens with zero attached hydrogens (tertiary/aromatic N) is 1. The van der Waals surface area contributed by atoms with E-state index in [9.17, 15) is 5.11 Å². The van der Waals surface area contributed by atoms with Gasteiger partial charge in [-0.25, -0.2) is 0 Å². The molecule has 2 fully saturated rings. The Kier molecular flexibility index (Phi) is 6.23. The van der Waals surface area contributed by atoms with E-state index in [-0.39, 0.29) is 35.8 Å². The van der Waals surface area contributed by atoms with E-state index in [0.717, 1.165) is 12.8 Å². The van der Waals surface area contributed by atoms with Crippen molar-refractivity contribution in [1.82, 2.24) is 5.06 Å². The van der Waals surface area contributed by atoms with Crippen LogP contribution in [0.3, 0.4) is 0 Å². The average Bonchev–Trinajstić information content (AvgIpc) is 3.14. The second-order valence-corrected chi connectivity index (χ2v) is 8.96. The van der Waals surface area contributed by atoms with Crippen molar-refractivity contribution >= 4 is 0 Å². The fourth-order valence-corrected chi connectivity index (χ4v) is 4.92. The van der Waals surface area contributed by atoms with E-state index in [0.29, 0.717) is 13.0 Å². The van der Waals surface area contributed by atoms with Crippen molar-refractivity contribution in [2.24, 2.45) is 5.92 Å². The molecule has 2 heterocycles. The van der Waals surface area contributed by atoms with Gasteiger partial charge in [0.15, 0.2) is 5.79 Å². The number of piperidine rings is 1. The van der Waals surface area contributed by atoms with Crippen LogP contribution in [0.1, 0.15) is 72.5 Å². The largest absolute Gasteiger partial charge is 0.394 e. The van der Waals surface area contributed by atoms with Crippen molar-refractivity contribution in [2.75, 3.05) is 13.2 Å². The standard InChI is InChI=1S/C23H37NO4/c1-7-21(5)16-23(26-15-20(14-25)27-23)18(4)22(6,8-2)24(21)28-17(3)19-12-10-9-11-13-19/h9-13,17-18,20,25H,7-8,14-16H2,1-6H3. The maximum atomic E-state index is 9.60. The molecule has 2 saturated heterocycles. The van der Waals surface area contributed by atoms with Gasteiger partial charge in [0.1, 0.15) is 12.2 Å². The quantitative estimate of drug-likeness (QED) is 0.776. The molecule has 6 atom stereocenters. The van der Waals surface area contributed by atoms with Gasteiger partial charge in [0.2, 0.25) is 0 Å². The van der Waals surface area contributed by atoms with Crippen LogP contribution in [-0.4, -0.2) is 46.4 Å². The summed E-state index contributed by atoms with van der Waals surface area (Å²) in [5, 5.41) is 11.8. The maximum Gasteiger partial charge on any atom is 0.175 e. The predicted octanol–water partition coefficient (Wildman–Crippen LogP) is 4.46. The molecule has 1 spiro atoms. The van der Waals surface area contributed by atoms with Gasteiger partial charge in [-0.05, 0) is 39.2 Å². The van der Waals surface area contributed by atoms with Gasteiger partial charge in [-0.15, -0.1) is 0 Å². The van der Waals surface area contributed by atoms with Crippen LogP contribution in [0.4, 0.5) is 0 Å². The lowest BCUT2D eigenvalue weighted by molar-refractivity contribution is -0.380. The summed E-state index contributed by atoms with van der Waals surface area (Å²) in [6.07, 6.45) is 2.24. The lowest BCUT2D eigenvalue weighted by Crippen LogP contribution is -2.71. The highest BCUT2D eigenvalue weighted by Crippen LogP contribution is 2.54. The first-order chi connectivity index (χ1) is 13.2. The molecule has 1 aromatic rings. The van der Waals surface area contributed by atoms with E-state index < -0.39 is 5.79 Å². The third-order valence-corrected chi connectivity index (χ3v) is 7.27. The van der Waals surface area contributed by atoms with Crippen LogP contribution in [0.5, 0.6) is 0 Å². The molecule has 6 unspecified atom stereocenters. The first-order valence-corrected chi connectivity index (χ1v) is 10.7. The summed E-state index contributed by atoms with van der Waals surface area (Å²) in [6.45, 7) is 13.6. The number of aliphatic hydroxyl groups is 1. The molecule has 0 aromatic heterocycles. The molecule has 1 aromatic carbocycles. The molecule has 2 aliphatic rings. The number of hydroxylamine groups is 2. The minimum Gasteiger partial charge on any atom is -0.394 e. The van der Waals surface area contributed by atoms with Crippen molar-refractivity contribution in [3.63, 3.8) is 0 Å². The van der Waals surface area contributed by atoms with Gasteiger partial charge in [0.05, 0.1) is 18.8 Å². The molecule has 2 aliphatic heterocycles. The van der Waals surface area contributed by atoms with E-state index in [4.69, 9.17) is 14.3 Å². The maximum absolute atomic E-state index is 9.60. The number of aliphatic hydroxyl groups excluding tert-OH is 1. The monoisotopic (exact) mass is 391 g/mol. The van der Waals surface area contributed by atoms with Gasteiger partial charge in [0.25, 0.3) is 0 Å². The average molecular weight is 392 g/mol. The highest BCUT2D eigenvalue weighted by molar-refractivity contribution is 5.17. The van der Waals surface area contributed by atoms with Crippen LogP contribution in [0.25, 0.3) is 0 Å². The first-order valence-electron chi connectivity index (χ1n) is 10.7. The fourth-order valence-electron chi connectivity index (χ4n) is 4.92. The molecule has 0 bridgehead atoms. The summed E-state index contributed by atoms with van der Waals surface area (Å²) < 4.78 is 12.6. The molecular formula is C23H37NO4. The summed E-state index contributed by atoms with van der Waals surface area (Å²) >= 11 is 0. The normalized spacial score (nSPS) is 40.1. The number of rotatable bonds is 6. The summed E-state index contributed by atoms with van der Waals surface area (Å²) in [5.41, 5.74) is 0.655. The molecular weight excluding hydrogens is 354 g/mol. The molecule has 1 N–H and O–H groups in total. The highest BCUT2D eigenvalue weighted by Gasteiger charge is 2.64. The van der Waals surface area contributed by atoms with Crippen LogP contribution in [-0.2, 0) is 14.3 Å². The first kappa shape index (κ1) is 21.7. The van der Waals surface area contributed by atoms with E-state index in [1.807, 2.05) is 6.07 Å². The lowest BCUT2D eigenvalue weighted by atomic mass is 9.67. The Morgan fingerprint density at radius 1 is 1.21 bits per heavy atom. The van der Waals surface area contributed by atoms with Crippen LogP contribution >= 0.6 is 0 Å². The molecule has 0 radical (unpaired) electrons. The molecule has 158 valence electrons. The third kappa shape index (κ3) is 3.52. The lowest BCUT2D eigenvalue weighted by Gasteiger charge is -2.62. The van der Waals surface area contributed by atoms with Gasteiger partial charge in [-0.3, -0.25) is 4.84 Å². The predicted molar refractivity (Wildman–Crippen MR) is 110 cm³/mol. The number of hydrogen-bond acceptors (Lipinski definition) is 5. The molecule has 0 saturated carbocycles. The zero-order valence-corrected chi connectivity index (χ0v) is 18.3. The Balaban J connectivity index is 1.95. The Morgan fingerprint density at radius 2 is 1.89 bits per heavy atom. The zero-order valence-electron chi connectivity index (χ0n) is 18.3. The van der Waals surface area contributed by atoms with Gasteiger partial charge < -0.3 is 14.6 Å². The van der Waals surface area contributed by atoms with Crippen LogP contribution < -0.4 is 0 Å². The molecule has 0 aliphatic carbocycles. The van der Waals surface area contributed by atoms with Gasteiger partial charge in [-0.1, -0.05) is 51.1 Å². The number of ether oxygens (including phenoxy) is 2. The van der Waals surface area contributed by atoms with Gasteiger partial charge >= 0.3 is 0 Å². The second kappa shape index (κ2) is 8.04. The van der Waals surface area contributed by atoms with Crippen molar-refractivity contribution in [3.05, 3.63) is 35.9 Å². The second-order valence-electron chi connectivity index (χ2n) is 8.96. The highest BCUT2D eigenvalue weighted by atomic mass is 16.8. The van der Waals surface area contributed by atoms with E-state index in [1.165, 1.54) is 5.56 Å². The van der Waals surface area contributed by atoms with Crippen molar-refractivity contribution < 1.29 is 19.4 Å². The number of benzene rings is 1. The summed E-state index contributed by atoms with van der Waals surface area (Å²) in [4.78, 5) is 6.69. The summed E-state index contributed by atoms with van der Waals surface area (Å²) in [6, 6.07) is 10.4. The SMILES string of the molecule is CCC1(C)CC2(OCC(CO)O2)C(C)C(C)(CC)N1OC(C)c1ccccc1. The molecule has 5 heteroatoms. The Morgan fingerprint density at radius 3 is 2.43 bits per heavy atom. The van der Waals surface area contributed by atoms with Crippen molar-refractivity contribution in [3.8, 4) is 0 Å². The molecule has 5 nitrogen and oxygen atoms in total. The molecule has 0 amide bonds. The Labute approximate surface area is 169 Å². The van der Waals surface area contributed by atoms with Gasteiger partial charge in [-0.2, -0.15) is 5.06 Å². The summed E-state index contributed by atoms with van der Waals surface area (Å²) in [5.74, 6) is -0.595. The Bertz CT molecular complexity index is 655. The van der Waals surface area contributed by atoms with Crippen LogP contribution in [0.15, 0.2) is 30.3 Å². The van der Waals surface area contributed by atoms with E-state index in [1.54, 1.807) is 0 Å². The third-order valence-electron chi connectivity index (χ3n) is 7.27. The van der Waals surface area contributed by atoms with Crippen molar-refractivity contribution in [2.45, 2.75) is 89.9 Å². The van der Waals surface area contributed by atoms with Crippen LogP contribution in [0, 0.1) is 5.92 Å². The topological polar surface area (TPSA) is 51.2 Å². The summed E-state index contributed by atoms with van der Waals surface area (Å²) in [7, 11) is 0. The van der Waals surface area contributed by atoms with Crippen molar-refractivity contribution in [1.29, 1.82) is 0 Å². The minimum atomic E-state index is -0.682. The molecule has 28 heavy (non-hydrogen) atoms.